The van der Waals surface area contributed by atoms with Gasteiger partial charge in [0, 0.05) is 29.2 Å². The first-order chi connectivity index (χ1) is 15.9. The van der Waals surface area contributed by atoms with Gasteiger partial charge in [-0.1, -0.05) is 12.1 Å². The number of aromatic nitrogens is 4. The molecule has 0 saturated heterocycles. The number of nitrogens with zero attached hydrogens (tertiary/aromatic N) is 4. The van der Waals surface area contributed by atoms with Gasteiger partial charge in [-0.15, -0.1) is 17.5 Å². The average Bonchev–Trinajstić information content (AvgIpc) is 3.19. The summed E-state index contributed by atoms with van der Waals surface area (Å²) in [6.45, 7) is 7.64. The lowest BCUT2D eigenvalue weighted by Gasteiger charge is -2.11. The quantitative estimate of drug-likeness (QED) is 0.342. The molecular formula is C25H29ClFN5O3. The standard InChI is InChI=1S/C25H26FN5O2.ClH.H2O/c1-15(2)31-25(33-23-16(3)7-6-8-21(23)26)29-24(30-31)28-19-9-10-20(22(14-19)32-5)18-11-12-27-17(4)13-18;;/h6-15H,1-5H3,(H,28,30);1H;1H2. The second-order valence-corrected chi connectivity index (χ2v) is 7.97. The molecule has 0 atom stereocenters. The van der Waals surface area contributed by atoms with Gasteiger partial charge in [0.1, 0.15) is 5.75 Å². The van der Waals surface area contributed by atoms with E-state index in [1.165, 1.54) is 6.07 Å². The van der Waals surface area contributed by atoms with Crippen molar-refractivity contribution in [3.8, 4) is 28.6 Å². The summed E-state index contributed by atoms with van der Waals surface area (Å²) in [5.74, 6) is 0.723. The highest BCUT2D eigenvalue weighted by atomic mass is 35.5. The summed E-state index contributed by atoms with van der Waals surface area (Å²) in [7, 11) is 1.63. The third kappa shape index (κ3) is 6.06. The molecule has 35 heavy (non-hydrogen) atoms. The minimum absolute atomic E-state index is 0. The Labute approximate surface area is 209 Å². The number of para-hydroxylation sites is 1. The van der Waals surface area contributed by atoms with Crippen molar-refractivity contribution in [3.63, 3.8) is 0 Å². The fourth-order valence-electron chi connectivity index (χ4n) is 3.45. The van der Waals surface area contributed by atoms with Gasteiger partial charge in [-0.3, -0.25) is 4.98 Å². The number of methoxy groups -OCH3 is 1. The van der Waals surface area contributed by atoms with Crippen molar-refractivity contribution in [2.75, 3.05) is 12.4 Å². The summed E-state index contributed by atoms with van der Waals surface area (Å²) in [4.78, 5) is 8.71. The Kier molecular flexibility index (Phi) is 9.16. The Morgan fingerprint density at radius 3 is 2.49 bits per heavy atom. The first-order valence-corrected chi connectivity index (χ1v) is 10.6. The van der Waals surface area contributed by atoms with Gasteiger partial charge in [0.25, 0.3) is 0 Å². The van der Waals surface area contributed by atoms with Crippen LogP contribution in [0.1, 0.15) is 31.1 Å². The SMILES string of the molecule is COc1cc(Nc2nc(Oc3c(C)cccc3F)n(C(C)C)n2)ccc1-c1ccnc(C)c1.Cl.O. The lowest BCUT2D eigenvalue weighted by Crippen LogP contribution is -2.06. The van der Waals surface area contributed by atoms with Crippen LogP contribution < -0.4 is 14.8 Å². The fourth-order valence-corrected chi connectivity index (χ4v) is 3.45. The van der Waals surface area contributed by atoms with E-state index in [-0.39, 0.29) is 35.7 Å². The number of hydrogen-bond acceptors (Lipinski definition) is 6. The van der Waals surface area contributed by atoms with E-state index in [9.17, 15) is 4.39 Å². The molecule has 3 N–H and O–H groups in total. The lowest BCUT2D eigenvalue weighted by molar-refractivity contribution is 0.358. The molecule has 4 aromatic rings. The zero-order valence-corrected chi connectivity index (χ0v) is 21.0. The Hall–Kier alpha value is -3.69. The Morgan fingerprint density at radius 2 is 1.83 bits per heavy atom. The molecule has 0 radical (unpaired) electrons. The van der Waals surface area contributed by atoms with Crippen molar-refractivity contribution in [1.82, 2.24) is 19.7 Å². The van der Waals surface area contributed by atoms with Crippen molar-refractivity contribution in [2.24, 2.45) is 0 Å². The minimum atomic E-state index is -0.450. The first-order valence-electron chi connectivity index (χ1n) is 10.6. The van der Waals surface area contributed by atoms with E-state index in [1.54, 1.807) is 37.0 Å². The molecule has 8 nitrogen and oxygen atoms in total. The van der Waals surface area contributed by atoms with E-state index in [0.717, 1.165) is 22.5 Å². The summed E-state index contributed by atoms with van der Waals surface area (Å²) in [6.07, 6.45) is 1.78. The summed E-state index contributed by atoms with van der Waals surface area (Å²) < 4.78 is 27.3. The number of anilines is 2. The maximum absolute atomic E-state index is 14.3. The van der Waals surface area contributed by atoms with E-state index >= 15 is 0 Å². The average molecular weight is 502 g/mol. The minimum Gasteiger partial charge on any atom is -0.496 e. The van der Waals surface area contributed by atoms with Crippen LogP contribution in [0.4, 0.5) is 16.0 Å². The number of ether oxygens (including phenoxy) is 2. The van der Waals surface area contributed by atoms with Crippen LogP contribution in [0, 0.1) is 19.7 Å². The van der Waals surface area contributed by atoms with Crippen LogP contribution in [0.3, 0.4) is 0 Å². The molecule has 0 aliphatic rings. The maximum Gasteiger partial charge on any atom is 0.322 e. The molecule has 0 saturated carbocycles. The van der Waals surface area contributed by atoms with Crippen molar-refractivity contribution >= 4 is 24.0 Å². The molecule has 0 aliphatic heterocycles. The van der Waals surface area contributed by atoms with Gasteiger partial charge in [-0.2, -0.15) is 4.98 Å². The van der Waals surface area contributed by atoms with Gasteiger partial charge in [0.15, 0.2) is 11.6 Å². The van der Waals surface area contributed by atoms with Gasteiger partial charge in [0.2, 0.25) is 5.95 Å². The van der Waals surface area contributed by atoms with E-state index in [0.29, 0.717) is 17.3 Å². The molecule has 186 valence electrons. The Balaban J connectivity index is 0.00000216. The van der Waals surface area contributed by atoms with Crippen molar-refractivity contribution in [1.29, 1.82) is 0 Å². The number of pyridine rings is 1. The van der Waals surface area contributed by atoms with Crippen molar-refractivity contribution in [2.45, 2.75) is 33.7 Å². The van der Waals surface area contributed by atoms with Crippen molar-refractivity contribution in [3.05, 3.63) is 71.8 Å². The van der Waals surface area contributed by atoms with Crippen molar-refractivity contribution < 1.29 is 19.3 Å². The summed E-state index contributed by atoms with van der Waals surface area (Å²) in [5, 5.41) is 7.70. The highest BCUT2D eigenvalue weighted by Gasteiger charge is 2.18. The Bertz CT molecular complexity index is 1280. The zero-order chi connectivity index (χ0) is 23.5. The highest BCUT2D eigenvalue weighted by Crippen LogP contribution is 2.34. The van der Waals surface area contributed by atoms with Gasteiger partial charge in [-0.05, 0) is 69.2 Å². The van der Waals surface area contributed by atoms with Crippen LogP contribution in [-0.4, -0.2) is 32.3 Å². The number of nitrogens with one attached hydrogen (secondary N) is 1. The third-order valence-corrected chi connectivity index (χ3v) is 5.11. The summed E-state index contributed by atoms with van der Waals surface area (Å²) in [6, 6.07) is 14.7. The van der Waals surface area contributed by atoms with Crippen LogP contribution in [0.25, 0.3) is 11.1 Å². The molecule has 0 fully saturated rings. The predicted molar refractivity (Wildman–Crippen MR) is 137 cm³/mol. The molecule has 4 rings (SSSR count). The van der Waals surface area contributed by atoms with Crippen LogP contribution in [-0.2, 0) is 0 Å². The van der Waals surface area contributed by atoms with Crippen LogP contribution >= 0.6 is 12.4 Å². The van der Waals surface area contributed by atoms with E-state index < -0.39 is 5.82 Å². The highest BCUT2D eigenvalue weighted by molar-refractivity contribution is 5.85. The number of halogens is 2. The topological polar surface area (TPSA) is 106 Å². The van der Waals surface area contributed by atoms with Gasteiger partial charge < -0.3 is 20.3 Å². The molecule has 2 aromatic heterocycles. The Morgan fingerprint density at radius 1 is 1.06 bits per heavy atom. The number of rotatable bonds is 7. The monoisotopic (exact) mass is 501 g/mol. The molecule has 2 heterocycles. The molecule has 2 aromatic carbocycles. The fraction of sp³-hybridized carbons (Fsp3) is 0.240. The molecule has 0 amide bonds. The van der Waals surface area contributed by atoms with E-state index in [4.69, 9.17) is 9.47 Å². The van der Waals surface area contributed by atoms with Crippen LogP contribution in [0.5, 0.6) is 17.5 Å². The number of aryl methyl sites for hydroxylation is 2. The lowest BCUT2D eigenvalue weighted by atomic mass is 10.0. The van der Waals surface area contributed by atoms with Gasteiger partial charge in [0.05, 0.1) is 13.2 Å². The molecule has 0 spiro atoms. The molecule has 10 heteroatoms. The van der Waals surface area contributed by atoms with E-state index in [1.807, 2.05) is 51.1 Å². The normalized spacial score (nSPS) is 10.4. The summed E-state index contributed by atoms with van der Waals surface area (Å²) in [5.41, 5.74) is 4.32. The summed E-state index contributed by atoms with van der Waals surface area (Å²) >= 11 is 0. The van der Waals surface area contributed by atoms with Gasteiger partial charge in [-0.25, -0.2) is 9.07 Å². The second-order valence-electron chi connectivity index (χ2n) is 7.97. The predicted octanol–water partition coefficient (Wildman–Crippen LogP) is 5.82. The second kappa shape index (κ2) is 11.6. The largest absolute Gasteiger partial charge is 0.496 e. The number of benzene rings is 2. The van der Waals surface area contributed by atoms with E-state index in [2.05, 4.69) is 20.4 Å². The molecule has 0 bridgehead atoms. The first kappa shape index (κ1) is 27.6. The molecular weight excluding hydrogens is 473 g/mol. The maximum atomic E-state index is 14.3. The van der Waals surface area contributed by atoms with Crippen LogP contribution in [0.15, 0.2) is 54.7 Å². The zero-order valence-electron chi connectivity index (χ0n) is 20.2. The van der Waals surface area contributed by atoms with Crippen LogP contribution in [0.2, 0.25) is 0 Å². The molecule has 0 aliphatic carbocycles. The molecule has 0 unspecified atom stereocenters. The third-order valence-electron chi connectivity index (χ3n) is 5.11. The smallest absolute Gasteiger partial charge is 0.322 e. The van der Waals surface area contributed by atoms with Gasteiger partial charge >= 0.3 is 6.01 Å². The number of hydrogen-bond donors (Lipinski definition) is 1.